The third-order valence-corrected chi connectivity index (χ3v) is 3.36. The number of benzene rings is 1. The second-order valence-corrected chi connectivity index (χ2v) is 5.18. The summed E-state index contributed by atoms with van der Waals surface area (Å²) in [5.41, 5.74) is 1.30. The second-order valence-electron chi connectivity index (χ2n) is 5.18. The van der Waals surface area contributed by atoms with E-state index in [-0.39, 0.29) is 19.0 Å². The van der Waals surface area contributed by atoms with E-state index < -0.39 is 0 Å². The standard InChI is InChI=1S/C17H24N2O2/c1-3-18-14-17(21)19(11-12-20)10-9-15(2)13-16-7-5-4-6-8-16/h3-8,12,15,18H,1,9-11,13-14H2,2H3. The van der Waals surface area contributed by atoms with Gasteiger partial charge in [-0.05, 0) is 30.5 Å². The monoisotopic (exact) mass is 288 g/mol. The summed E-state index contributed by atoms with van der Waals surface area (Å²) in [6, 6.07) is 10.3. The highest BCUT2D eigenvalue weighted by atomic mass is 16.2. The molecule has 0 radical (unpaired) electrons. The van der Waals surface area contributed by atoms with Crippen LogP contribution < -0.4 is 5.32 Å². The number of aldehydes is 1. The van der Waals surface area contributed by atoms with Crippen molar-refractivity contribution in [2.45, 2.75) is 19.8 Å². The molecule has 114 valence electrons. The molecule has 1 amide bonds. The average molecular weight is 288 g/mol. The summed E-state index contributed by atoms with van der Waals surface area (Å²) in [5, 5.41) is 2.77. The van der Waals surface area contributed by atoms with Gasteiger partial charge in [-0.1, -0.05) is 43.8 Å². The van der Waals surface area contributed by atoms with Crippen molar-refractivity contribution in [3.05, 3.63) is 48.7 Å². The van der Waals surface area contributed by atoms with Crippen LogP contribution in [0.1, 0.15) is 18.9 Å². The fraction of sp³-hybridized carbons (Fsp3) is 0.412. The van der Waals surface area contributed by atoms with E-state index in [1.165, 1.54) is 11.8 Å². The first-order valence-electron chi connectivity index (χ1n) is 7.27. The third-order valence-electron chi connectivity index (χ3n) is 3.36. The number of hydrogen-bond acceptors (Lipinski definition) is 3. The maximum Gasteiger partial charge on any atom is 0.242 e. The normalized spacial score (nSPS) is 11.5. The van der Waals surface area contributed by atoms with Gasteiger partial charge in [0.2, 0.25) is 5.91 Å². The Morgan fingerprint density at radius 2 is 2.10 bits per heavy atom. The predicted molar refractivity (Wildman–Crippen MR) is 84.8 cm³/mol. The topological polar surface area (TPSA) is 49.4 Å². The minimum atomic E-state index is -0.0751. The number of carbonyl (C=O) groups excluding carboxylic acids is 2. The fourth-order valence-corrected chi connectivity index (χ4v) is 2.17. The van der Waals surface area contributed by atoms with Gasteiger partial charge in [-0.3, -0.25) is 4.79 Å². The molecule has 0 heterocycles. The molecule has 1 N–H and O–H groups in total. The van der Waals surface area contributed by atoms with Crippen molar-refractivity contribution in [2.24, 2.45) is 5.92 Å². The molecule has 0 bridgehead atoms. The van der Waals surface area contributed by atoms with Crippen LogP contribution >= 0.6 is 0 Å². The highest BCUT2D eigenvalue weighted by Gasteiger charge is 2.13. The van der Waals surface area contributed by atoms with E-state index in [9.17, 15) is 9.59 Å². The van der Waals surface area contributed by atoms with Gasteiger partial charge in [-0.25, -0.2) is 0 Å². The van der Waals surface area contributed by atoms with E-state index in [4.69, 9.17) is 0 Å². The number of carbonyl (C=O) groups is 2. The summed E-state index contributed by atoms with van der Waals surface area (Å²) in [6.45, 7) is 6.61. The van der Waals surface area contributed by atoms with Crippen LogP contribution in [-0.2, 0) is 16.0 Å². The first kappa shape index (κ1) is 17.0. The van der Waals surface area contributed by atoms with Crippen LogP contribution in [0.5, 0.6) is 0 Å². The zero-order chi connectivity index (χ0) is 15.5. The Kier molecular flexibility index (Phi) is 7.87. The maximum absolute atomic E-state index is 11.9. The van der Waals surface area contributed by atoms with E-state index >= 15 is 0 Å². The minimum absolute atomic E-state index is 0.0751. The average Bonchev–Trinajstić information content (AvgIpc) is 2.50. The molecule has 21 heavy (non-hydrogen) atoms. The van der Waals surface area contributed by atoms with Crippen molar-refractivity contribution in [1.82, 2.24) is 10.2 Å². The van der Waals surface area contributed by atoms with Gasteiger partial charge in [-0.2, -0.15) is 0 Å². The molecule has 0 aliphatic rings. The quantitative estimate of drug-likeness (QED) is 0.670. The molecule has 0 spiro atoms. The number of hydrogen-bond donors (Lipinski definition) is 1. The molecule has 4 heteroatoms. The van der Waals surface area contributed by atoms with Crippen LogP contribution in [0.25, 0.3) is 0 Å². The van der Waals surface area contributed by atoms with Gasteiger partial charge < -0.3 is 15.0 Å². The molecule has 1 unspecified atom stereocenters. The summed E-state index contributed by atoms with van der Waals surface area (Å²) in [7, 11) is 0. The number of nitrogens with one attached hydrogen (secondary N) is 1. The summed E-state index contributed by atoms with van der Waals surface area (Å²) in [6.07, 6.45) is 4.11. The van der Waals surface area contributed by atoms with E-state index in [0.717, 1.165) is 19.1 Å². The Morgan fingerprint density at radius 3 is 2.71 bits per heavy atom. The Balaban J connectivity index is 2.42. The van der Waals surface area contributed by atoms with Crippen molar-refractivity contribution in [2.75, 3.05) is 19.6 Å². The summed E-state index contributed by atoms with van der Waals surface area (Å²) in [5.74, 6) is 0.385. The molecule has 4 nitrogen and oxygen atoms in total. The largest absolute Gasteiger partial charge is 0.383 e. The van der Waals surface area contributed by atoms with Gasteiger partial charge in [0, 0.05) is 6.54 Å². The molecule has 0 aliphatic carbocycles. The summed E-state index contributed by atoms with van der Waals surface area (Å²) < 4.78 is 0. The first-order chi connectivity index (χ1) is 10.2. The zero-order valence-electron chi connectivity index (χ0n) is 12.6. The van der Waals surface area contributed by atoms with E-state index in [0.29, 0.717) is 12.5 Å². The molecular weight excluding hydrogens is 264 g/mol. The van der Waals surface area contributed by atoms with Crippen LogP contribution in [0.3, 0.4) is 0 Å². The lowest BCUT2D eigenvalue weighted by Crippen LogP contribution is -2.39. The smallest absolute Gasteiger partial charge is 0.242 e. The molecule has 0 saturated heterocycles. The lowest BCUT2D eigenvalue weighted by atomic mass is 9.98. The van der Waals surface area contributed by atoms with Crippen molar-refractivity contribution in [3.63, 3.8) is 0 Å². The van der Waals surface area contributed by atoms with Crippen molar-refractivity contribution < 1.29 is 9.59 Å². The lowest BCUT2D eigenvalue weighted by Gasteiger charge is -2.22. The molecule has 1 rings (SSSR count). The highest BCUT2D eigenvalue weighted by molar-refractivity contribution is 5.80. The maximum atomic E-state index is 11.9. The van der Waals surface area contributed by atoms with Crippen molar-refractivity contribution >= 4 is 12.2 Å². The van der Waals surface area contributed by atoms with Crippen LogP contribution in [0.2, 0.25) is 0 Å². The zero-order valence-corrected chi connectivity index (χ0v) is 12.6. The summed E-state index contributed by atoms with van der Waals surface area (Å²) >= 11 is 0. The predicted octanol–water partition coefficient (Wildman–Crippen LogP) is 2.02. The van der Waals surface area contributed by atoms with Crippen molar-refractivity contribution in [1.29, 1.82) is 0 Å². The molecular formula is C17H24N2O2. The molecule has 0 saturated carbocycles. The third kappa shape index (κ3) is 6.75. The van der Waals surface area contributed by atoms with Gasteiger partial charge in [0.1, 0.15) is 6.29 Å². The van der Waals surface area contributed by atoms with Gasteiger partial charge in [0.25, 0.3) is 0 Å². The van der Waals surface area contributed by atoms with E-state index in [2.05, 4.69) is 31.0 Å². The number of nitrogens with zero attached hydrogens (tertiary/aromatic N) is 1. The SMILES string of the molecule is C=CNCC(=O)N(CC=O)CCC(C)Cc1ccccc1. The Labute approximate surface area is 126 Å². The second kappa shape index (κ2) is 9.75. The first-order valence-corrected chi connectivity index (χ1v) is 7.27. The fourth-order valence-electron chi connectivity index (χ4n) is 2.17. The van der Waals surface area contributed by atoms with Crippen LogP contribution in [0, 0.1) is 5.92 Å². The van der Waals surface area contributed by atoms with Crippen LogP contribution in [0.4, 0.5) is 0 Å². The molecule has 0 fully saturated rings. The van der Waals surface area contributed by atoms with Crippen molar-refractivity contribution in [3.8, 4) is 0 Å². The molecule has 1 aromatic carbocycles. The number of amides is 1. The van der Waals surface area contributed by atoms with Gasteiger partial charge in [0.15, 0.2) is 0 Å². The minimum Gasteiger partial charge on any atom is -0.383 e. The summed E-state index contributed by atoms with van der Waals surface area (Å²) in [4.78, 5) is 24.2. The van der Waals surface area contributed by atoms with Gasteiger partial charge in [0.05, 0.1) is 13.1 Å². The highest BCUT2D eigenvalue weighted by Crippen LogP contribution is 2.12. The Bertz CT molecular complexity index is 445. The van der Waals surface area contributed by atoms with Gasteiger partial charge >= 0.3 is 0 Å². The molecule has 0 aliphatic heterocycles. The van der Waals surface area contributed by atoms with E-state index in [1.54, 1.807) is 4.90 Å². The molecule has 0 aromatic heterocycles. The molecule has 1 aromatic rings. The van der Waals surface area contributed by atoms with Crippen LogP contribution in [0.15, 0.2) is 43.1 Å². The van der Waals surface area contributed by atoms with Crippen LogP contribution in [-0.4, -0.2) is 36.7 Å². The Morgan fingerprint density at radius 1 is 1.38 bits per heavy atom. The molecule has 1 atom stereocenters. The Hall–Kier alpha value is -2.10. The lowest BCUT2D eigenvalue weighted by molar-refractivity contribution is -0.132. The van der Waals surface area contributed by atoms with Gasteiger partial charge in [-0.15, -0.1) is 0 Å². The van der Waals surface area contributed by atoms with E-state index in [1.807, 2.05) is 18.2 Å². The number of rotatable bonds is 10.